The molecule has 0 aromatic rings. The van der Waals surface area contributed by atoms with Crippen molar-refractivity contribution in [3.8, 4) is 0 Å². The summed E-state index contributed by atoms with van der Waals surface area (Å²) < 4.78 is 22.9. The zero-order valence-corrected chi connectivity index (χ0v) is 45.2. The number of carboxylic acid groups (broad SMARTS) is 1. The van der Waals surface area contributed by atoms with Crippen LogP contribution in [-0.2, 0) is 33.3 Å². The molecule has 0 spiro atoms. The average Bonchev–Trinajstić information content (AvgIpc) is 3.31. The van der Waals surface area contributed by atoms with E-state index in [1.54, 1.807) is 0 Å². The molecule has 0 saturated carbocycles. The molecular formula is C60H106NO8+. The summed E-state index contributed by atoms with van der Waals surface area (Å²) in [6.45, 7) is 4.76. The molecule has 2 atom stereocenters. The Labute approximate surface area is 424 Å². The number of allylic oxidation sites excluding steroid dienone is 12. The van der Waals surface area contributed by atoms with E-state index < -0.39 is 24.3 Å². The number of likely N-dealkylation sites (N-methyl/N-ethyl adjacent to an activating group) is 1. The van der Waals surface area contributed by atoms with Crippen molar-refractivity contribution in [2.45, 2.75) is 245 Å². The molecule has 0 aromatic heterocycles. The number of nitrogens with zero attached hydrogens (tertiary/aromatic N) is 1. The number of ether oxygens (including phenoxy) is 4. The molecule has 0 aliphatic carbocycles. The first-order valence-corrected chi connectivity index (χ1v) is 28.1. The lowest BCUT2D eigenvalue weighted by Crippen LogP contribution is -2.40. The fraction of sp³-hybridized carbons (Fsp3) is 0.750. The number of quaternary nitrogens is 1. The maximum atomic E-state index is 12.9. The summed E-state index contributed by atoms with van der Waals surface area (Å²) in [5, 5.41) is 9.69. The number of hydrogen-bond donors (Lipinski definition) is 1. The molecule has 69 heavy (non-hydrogen) atoms. The zero-order valence-electron chi connectivity index (χ0n) is 45.2. The molecule has 9 nitrogen and oxygen atoms in total. The van der Waals surface area contributed by atoms with Gasteiger partial charge in [0.15, 0.2) is 6.10 Å². The molecule has 0 heterocycles. The molecule has 0 bridgehead atoms. The van der Waals surface area contributed by atoms with E-state index in [0.717, 1.165) is 77.0 Å². The molecule has 398 valence electrons. The highest BCUT2D eigenvalue weighted by atomic mass is 16.7. The fourth-order valence-electron chi connectivity index (χ4n) is 7.62. The van der Waals surface area contributed by atoms with Crippen LogP contribution in [0, 0.1) is 0 Å². The maximum absolute atomic E-state index is 12.9. The topological polar surface area (TPSA) is 108 Å². The van der Waals surface area contributed by atoms with Crippen LogP contribution in [0.25, 0.3) is 0 Å². The van der Waals surface area contributed by atoms with Crippen molar-refractivity contribution in [3.63, 3.8) is 0 Å². The van der Waals surface area contributed by atoms with Gasteiger partial charge in [0.05, 0.1) is 34.4 Å². The number of carbonyl (C=O) groups excluding carboxylic acids is 2. The first-order chi connectivity index (χ1) is 33.6. The molecule has 0 saturated heterocycles. The van der Waals surface area contributed by atoms with Gasteiger partial charge in [0, 0.05) is 12.8 Å². The number of carbonyl (C=O) groups is 3. The molecule has 0 fully saturated rings. The fourth-order valence-corrected chi connectivity index (χ4v) is 7.62. The van der Waals surface area contributed by atoms with Gasteiger partial charge in [-0.3, -0.25) is 9.59 Å². The molecule has 0 aliphatic heterocycles. The number of aliphatic carboxylic acids is 1. The predicted molar refractivity (Wildman–Crippen MR) is 290 cm³/mol. The van der Waals surface area contributed by atoms with Crippen LogP contribution >= 0.6 is 0 Å². The molecular weight excluding hydrogens is 863 g/mol. The molecule has 1 N–H and O–H groups in total. The van der Waals surface area contributed by atoms with E-state index in [1.165, 1.54) is 122 Å². The minimum absolute atomic E-state index is 0.184. The summed E-state index contributed by atoms with van der Waals surface area (Å²) in [5.74, 6) is -2.02. The number of carboxylic acids is 1. The number of rotatable bonds is 51. The first kappa shape index (κ1) is 65.7. The van der Waals surface area contributed by atoms with Crippen molar-refractivity contribution < 1.29 is 42.9 Å². The van der Waals surface area contributed by atoms with E-state index >= 15 is 0 Å². The largest absolute Gasteiger partial charge is 0.477 e. The number of hydrogen-bond acceptors (Lipinski definition) is 7. The van der Waals surface area contributed by atoms with E-state index in [-0.39, 0.29) is 32.2 Å². The first-order valence-electron chi connectivity index (χ1n) is 28.1. The average molecular weight is 970 g/mol. The Balaban J connectivity index is 4.30. The maximum Gasteiger partial charge on any atom is 0.361 e. The van der Waals surface area contributed by atoms with Gasteiger partial charge in [-0.2, -0.15) is 0 Å². The lowest BCUT2D eigenvalue weighted by Gasteiger charge is -2.25. The van der Waals surface area contributed by atoms with Gasteiger partial charge < -0.3 is 28.5 Å². The van der Waals surface area contributed by atoms with Crippen LogP contribution in [0.2, 0.25) is 0 Å². The van der Waals surface area contributed by atoms with Crippen LogP contribution in [0.1, 0.15) is 232 Å². The summed E-state index contributed by atoms with van der Waals surface area (Å²) in [6.07, 6.45) is 62.5. The second-order valence-corrected chi connectivity index (χ2v) is 19.9. The van der Waals surface area contributed by atoms with Gasteiger partial charge in [-0.05, 0) is 83.5 Å². The quantitative estimate of drug-likeness (QED) is 0.0211. The Morgan fingerprint density at radius 3 is 1.25 bits per heavy atom. The Morgan fingerprint density at radius 2 is 0.826 bits per heavy atom. The Bertz CT molecular complexity index is 1360. The Morgan fingerprint density at radius 1 is 0.449 bits per heavy atom. The highest BCUT2D eigenvalue weighted by molar-refractivity contribution is 5.71. The smallest absolute Gasteiger partial charge is 0.361 e. The predicted octanol–water partition coefficient (Wildman–Crippen LogP) is 16.2. The van der Waals surface area contributed by atoms with E-state index in [0.29, 0.717) is 23.9 Å². The summed E-state index contributed by atoms with van der Waals surface area (Å²) in [5.41, 5.74) is 0. The molecule has 0 aliphatic rings. The second kappa shape index (κ2) is 51.1. The third-order valence-corrected chi connectivity index (χ3v) is 11.9. The molecule has 0 rings (SSSR count). The van der Waals surface area contributed by atoms with Crippen molar-refractivity contribution in [3.05, 3.63) is 72.9 Å². The summed E-state index contributed by atoms with van der Waals surface area (Å²) >= 11 is 0. The second-order valence-electron chi connectivity index (χ2n) is 19.9. The third kappa shape index (κ3) is 52.4. The SMILES string of the molecule is CC/C=C\C/C=C\C/C=C\C/C=C\C/C=C\CCCCCCCCCCCC(=O)OC(COC(=O)CCCCCCCCCCC/C=C\CCCCCCCC)COC(OCC[N+](C)(C)C)C(=O)O. The van der Waals surface area contributed by atoms with Crippen LogP contribution in [0.4, 0.5) is 0 Å². The zero-order chi connectivity index (χ0) is 50.6. The highest BCUT2D eigenvalue weighted by Crippen LogP contribution is 2.15. The van der Waals surface area contributed by atoms with Gasteiger partial charge >= 0.3 is 17.9 Å². The summed E-state index contributed by atoms with van der Waals surface area (Å²) in [6, 6.07) is 0. The highest BCUT2D eigenvalue weighted by Gasteiger charge is 2.25. The van der Waals surface area contributed by atoms with Crippen molar-refractivity contribution in [2.24, 2.45) is 0 Å². The summed E-state index contributed by atoms with van der Waals surface area (Å²) in [4.78, 5) is 37.4. The van der Waals surface area contributed by atoms with Crippen molar-refractivity contribution in [1.82, 2.24) is 0 Å². The van der Waals surface area contributed by atoms with Gasteiger partial charge in [-0.25, -0.2) is 4.79 Å². The van der Waals surface area contributed by atoms with E-state index in [1.807, 2.05) is 21.1 Å². The summed E-state index contributed by atoms with van der Waals surface area (Å²) in [7, 11) is 5.96. The van der Waals surface area contributed by atoms with Gasteiger partial charge in [0.25, 0.3) is 6.29 Å². The van der Waals surface area contributed by atoms with Crippen LogP contribution in [0.15, 0.2) is 72.9 Å². The molecule has 9 heteroatoms. The lowest BCUT2D eigenvalue weighted by atomic mass is 10.1. The van der Waals surface area contributed by atoms with Crippen molar-refractivity contribution in [2.75, 3.05) is 47.5 Å². The van der Waals surface area contributed by atoms with Gasteiger partial charge in [-0.1, -0.05) is 209 Å². The third-order valence-electron chi connectivity index (χ3n) is 11.9. The molecule has 0 radical (unpaired) electrons. The van der Waals surface area contributed by atoms with Gasteiger partial charge in [0.1, 0.15) is 13.2 Å². The van der Waals surface area contributed by atoms with Crippen LogP contribution < -0.4 is 0 Å². The molecule has 2 unspecified atom stereocenters. The van der Waals surface area contributed by atoms with Gasteiger partial charge in [-0.15, -0.1) is 0 Å². The van der Waals surface area contributed by atoms with Crippen LogP contribution in [0.5, 0.6) is 0 Å². The van der Waals surface area contributed by atoms with Crippen LogP contribution in [-0.4, -0.2) is 87.4 Å². The number of unbranched alkanes of at least 4 members (excludes halogenated alkanes) is 24. The van der Waals surface area contributed by atoms with E-state index in [2.05, 4.69) is 86.8 Å². The minimum atomic E-state index is -1.51. The number of esters is 2. The van der Waals surface area contributed by atoms with Crippen LogP contribution in [0.3, 0.4) is 0 Å². The van der Waals surface area contributed by atoms with E-state index in [4.69, 9.17) is 18.9 Å². The van der Waals surface area contributed by atoms with Crippen molar-refractivity contribution >= 4 is 17.9 Å². The Hall–Kier alpha value is -3.27. The lowest BCUT2D eigenvalue weighted by molar-refractivity contribution is -0.870. The molecule has 0 amide bonds. The molecule has 0 aromatic carbocycles. The normalized spacial score (nSPS) is 13.3. The van der Waals surface area contributed by atoms with Gasteiger partial charge in [0.2, 0.25) is 0 Å². The van der Waals surface area contributed by atoms with Crippen molar-refractivity contribution in [1.29, 1.82) is 0 Å². The minimum Gasteiger partial charge on any atom is -0.477 e. The van der Waals surface area contributed by atoms with E-state index in [9.17, 15) is 19.5 Å². The standard InChI is InChI=1S/C60H105NO8/c1-6-8-10-12-14-16-18-20-22-24-26-27-28-29-30-31-33-35-37-39-41-43-45-47-49-51-58(63)69-56(55-68-60(59(64)65)66-53-52-61(3,4)5)54-67-57(62)50-48-46-44-42-40-38-36-34-32-25-23-21-19-17-15-13-11-9-7-2/h8,10,14,16,20-23,26-27,29-30,56,60H,6-7,9,11-13,15,17-19,24-25,28,31-55H2,1-5H3/p+1/b10-8-,16-14-,22-20-,23-21-,27-26-,30-29-. The monoisotopic (exact) mass is 969 g/mol. The Kier molecular flexibility index (Phi) is 48.7.